The molecule has 2 amide bonds. The number of aromatic nitrogens is 4. The van der Waals surface area contributed by atoms with Gasteiger partial charge in [-0.05, 0) is 6.07 Å². The Labute approximate surface area is 196 Å². The summed E-state index contributed by atoms with van der Waals surface area (Å²) in [6.45, 7) is 9.21. The van der Waals surface area contributed by atoms with Crippen LogP contribution in [0.2, 0.25) is 0 Å². The Kier molecular flexibility index (Phi) is 6.99. The van der Waals surface area contributed by atoms with E-state index in [1.165, 1.54) is 11.3 Å². The van der Waals surface area contributed by atoms with Crippen LogP contribution >= 0.6 is 11.3 Å². The standard InChI is InChI=1S/C22H27N7O3S/c1-22(2,3)18-27-28-21(33-18)26-20(30)24-14-15-6-4-5-7-16(15)32-17-8-9-23-19(25-17)29-10-12-31-13-11-29/h4-9H,10-14H2,1-3H3,(H2,24,26,28,30). The summed E-state index contributed by atoms with van der Waals surface area (Å²) in [6, 6.07) is 8.84. The molecule has 1 fully saturated rings. The summed E-state index contributed by atoms with van der Waals surface area (Å²) in [5, 5.41) is 15.1. The van der Waals surface area contributed by atoms with E-state index in [-0.39, 0.29) is 18.0 Å². The number of rotatable bonds is 6. The van der Waals surface area contributed by atoms with Gasteiger partial charge < -0.3 is 19.7 Å². The zero-order valence-corrected chi connectivity index (χ0v) is 19.7. The van der Waals surface area contributed by atoms with Crippen molar-refractivity contribution in [1.82, 2.24) is 25.5 Å². The lowest BCUT2D eigenvalue weighted by Crippen LogP contribution is -2.37. The molecule has 3 heterocycles. The van der Waals surface area contributed by atoms with Crippen molar-refractivity contribution in [1.29, 1.82) is 0 Å². The molecule has 2 aromatic heterocycles. The lowest BCUT2D eigenvalue weighted by molar-refractivity contribution is 0.122. The quantitative estimate of drug-likeness (QED) is 0.563. The monoisotopic (exact) mass is 469 g/mol. The lowest BCUT2D eigenvalue weighted by Gasteiger charge is -2.26. The van der Waals surface area contributed by atoms with Crippen LogP contribution in [0, 0.1) is 0 Å². The number of hydrogen-bond donors (Lipinski definition) is 2. The van der Waals surface area contributed by atoms with Gasteiger partial charge >= 0.3 is 6.03 Å². The van der Waals surface area contributed by atoms with Crippen LogP contribution in [0.25, 0.3) is 0 Å². The predicted molar refractivity (Wildman–Crippen MR) is 126 cm³/mol. The molecule has 33 heavy (non-hydrogen) atoms. The lowest BCUT2D eigenvalue weighted by atomic mass is 9.98. The molecule has 0 atom stereocenters. The van der Waals surface area contributed by atoms with E-state index in [1.54, 1.807) is 12.3 Å². The number of nitrogens with one attached hydrogen (secondary N) is 2. The highest BCUT2D eigenvalue weighted by atomic mass is 32.1. The number of amides is 2. The van der Waals surface area contributed by atoms with Crippen molar-refractivity contribution in [3.8, 4) is 11.6 Å². The smallest absolute Gasteiger partial charge is 0.321 e. The fourth-order valence-electron chi connectivity index (χ4n) is 3.06. The summed E-state index contributed by atoms with van der Waals surface area (Å²) in [7, 11) is 0. The molecule has 11 heteroatoms. The van der Waals surface area contributed by atoms with Crippen LogP contribution in [-0.4, -0.2) is 52.5 Å². The summed E-state index contributed by atoms with van der Waals surface area (Å²) < 4.78 is 11.4. The molecule has 0 aliphatic carbocycles. The Morgan fingerprint density at radius 1 is 1.18 bits per heavy atom. The molecular formula is C22H27N7O3S. The first-order valence-corrected chi connectivity index (χ1v) is 11.5. The second-order valence-corrected chi connectivity index (χ2v) is 9.45. The first kappa shape index (κ1) is 22.9. The van der Waals surface area contributed by atoms with Crippen molar-refractivity contribution in [3.05, 3.63) is 47.1 Å². The van der Waals surface area contributed by atoms with E-state index in [4.69, 9.17) is 9.47 Å². The van der Waals surface area contributed by atoms with Crippen molar-refractivity contribution in [2.24, 2.45) is 0 Å². The number of carbonyl (C=O) groups is 1. The van der Waals surface area contributed by atoms with Crippen molar-refractivity contribution in [3.63, 3.8) is 0 Å². The number of hydrogen-bond acceptors (Lipinski definition) is 9. The van der Waals surface area contributed by atoms with Gasteiger partial charge in [-0.25, -0.2) is 9.78 Å². The Morgan fingerprint density at radius 2 is 1.97 bits per heavy atom. The van der Waals surface area contributed by atoms with Gasteiger partial charge in [-0.3, -0.25) is 5.32 Å². The van der Waals surface area contributed by atoms with Crippen LogP contribution in [0.4, 0.5) is 15.9 Å². The van der Waals surface area contributed by atoms with Crippen molar-refractivity contribution >= 4 is 28.4 Å². The number of urea groups is 1. The molecule has 1 aliphatic rings. The Morgan fingerprint density at radius 3 is 2.73 bits per heavy atom. The number of para-hydroxylation sites is 1. The highest BCUT2D eigenvalue weighted by Gasteiger charge is 2.20. The van der Waals surface area contributed by atoms with Gasteiger partial charge in [-0.1, -0.05) is 50.3 Å². The van der Waals surface area contributed by atoms with Gasteiger partial charge in [0.2, 0.25) is 17.0 Å². The van der Waals surface area contributed by atoms with Crippen molar-refractivity contribution in [2.75, 3.05) is 36.5 Å². The largest absolute Gasteiger partial charge is 0.439 e. The number of carbonyl (C=O) groups excluding carboxylic acids is 1. The number of morpholine rings is 1. The highest BCUT2D eigenvalue weighted by Crippen LogP contribution is 2.28. The Balaban J connectivity index is 1.38. The molecule has 1 aromatic carbocycles. The molecular weight excluding hydrogens is 442 g/mol. The number of ether oxygens (including phenoxy) is 2. The third-order valence-corrected chi connectivity index (χ3v) is 6.09. The fraction of sp³-hybridized carbons (Fsp3) is 0.409. The van der Waals surface area contributed by atoms with Crippen LogP contribution in [0.3, 0.4) is 0 Å². The van der Waals surface area contributed by atoms with Crippen LogP contribution in [0.1, 0.15) is 31.3 Å². The fourth-order valence-corrected chi connectivity index (χ4v) is 3.86. The van der Waals surface area contributed by atoms with E-state index in [2.05, 4.69) is 56.5 Å². The predicted octanol–water partition coefficient (Wildman–Crippen LogP) is 3.58. The molecule has 0 saturated carbocycles. The molecule has 1 aliphatic heterocycles. The second-order valence-electron chi connectivity index (χ2n) is 8.47. The van der Waals surface area contributed by atoms with E-state index in [9.17, 15) is 4.79 Å². The average Bonchev–Trinajstić information content (AvgIpc) is 3.28. The zero-order valence-electron chi connectivity index (χ0n) is 18.9. The first-order valence-electron chi connectivity index (χ1n) is 10.7. The molecule has 2 N–H and O–H groups in total. The summed E-state index contributed by atoms with van der Waals surface area (Å²) in [5.41, 5.74) is 0.694. The summed E-state index contributed by atoms with van der Waals surface area (Å²) >= 11 is 1.36. The maximum Gasteiger partial charge on any atom is 0.321 e. The van der Waals surface area contributed by atoms with Crippen LogP contribution in [0.15, 0.2) is 36.5 Å². The van der Waals surface area contributed by atoms with Crippen molar-refractivity contribution < 1.29 is 14.3 Å². The molecule has 0 bridgehead atoms. The number of anilines is 2. The number of benzene rings is 1. The van der Waals surface area contributed by atoms with E-state index >= 15 is 0 Å². The molecule has 0 spiro atoms. The zero-order chi connectivity index (χ0) is 23.3. The van der Waals surface area contributed by atoms with Gasteiger partial charge in [-0.15, -0.1) is 10.2 Å². The minimum Gasteiger partial charge on any atom is -0.439 e. The van der Waals surface area contributed by atoms with Crippen LogP contribution in [-0.2, 0) is 16.7 Å². The van der Waals surface area contributed by atoms with E-state index in [0.717, 1.165) is 23.7 Å². The molecule has 3 aromatic rings. The van der Waals surface area contributed by atoms with Gasteiger partial charge in [0.1, 0.15) is 10.8 Å². The summed E-state index contributed by atoms with van der Waals surface area (Å²) in [5.74, 6) is 1.65. The minimum absolute atomic E-state index is 0.118. The summed E-state index contributed by atoms with van der Waals surface area (Å²) in [4.78, 5) is 23.3. The molecule has 0 unspecified atom stereocenters. The molecule has 0 radical (unpaired) electrons. The van der Waals surface area contributed by atoms with E-state index in [1.807, 2.05) is 24.3 Å². The normalized spacial score (nSPS) is 14.1. The maximum atomic E-state index is 12.4. The molecule has 10 nitrogen and oxygen atoms in total. The second kappa shape index (κ2) is 10.1. The molecule has 174 valence electrons. The maximum absolute atomic E-state index is 12.4. The van der Waals surface area contributed by atoms with E-state index < -0.39 is 0 Å². The third-order valence-electron chi connectivity index (χ3n) is 4.82. The average molecular weight is 470 g/mol. The topological polar surface area (TPSA) is 114 Å². The highest BCUT2D eigenvalue weighted by molar-refractivity contribution is 7.15. The van der Waals surface area contributed by atoms with E-state index in [0.29, 0.717) is 35.9 Å². The SMILES string of the molecule is CC(C)(C)c1nnc(NC(=O)NCc2ccccc2Oc2ccnc(N3CCOCC3)n2)s1. The third kappa shape index (κ3) is 6.14. The minimum atomic E-state index is -0.363. The van der Waals surface area contributed by atoms with Gasteiger partial charge in [-0.2, -0.15) is 4.98 Å². The first-order chi connectivity index (χ1) is 15.9. The van der Waals surface area contributed by atoms with Crippen LogP contribution < -0.4 is 20.3 Å². The van der Waals surface area contributed by atoms with Gasteiger partial charge in [0.25, 0.3) is 0 Å². The van der Waals surface area contributed by atoms with Gasteiger partial charge in [0.05, 0.1) is 13.2 Å². The Hall–Kier alpha value is -3.31. The van der Waals surface area contributed by atoms with Crippen LogP contribution in [0.5, 0.6) is 11.6 Å². The van der Waals surface area contributed by atoms with Gasteiger partial charge in [0, 0.05) is 42.9 Å². The molecule has 1 saturated heterocycles. The van der Waals surface area contributed by atoms with Gasteiger partial charge in [0.15, 0.2) is 0 Å². The summed E-state index contributed by atoms with van der Waals surface area (Å²) in [6.07, 6.45) is 1.68. The molecule has 4 rings (SSSR count). The number of nitrogens with zero attached hydrogens (tertiary/aromatic N) is 5. The van der Waals surface area contributed by atoms with Crippen molar-refractivity contribution in [2.45, 2.75) is 32.7 Å². The Bertz CT molecular complexity index is 1090.